The lowest BCUT2D eigenvalue weighted by Crippen LogP contribution is -2.27. The molecular weight excluding hydrogens is 240 g/mol. The second-order valence-corrected chi connectivity index (χ2v) is 5.36. The van der Waals surface area contributed by atoms with Crippen molar-refractivity contribution in [2.45, 2.75) is 25.7 Å². The number of benzene rings is 1. The maximum absolute atomic E-state index is 5.91. The van der Waals surface area contributed by atoms with Gasteiger partial charge in [-0.05, 0) is 36.8 Å². The molecule has 0 bridgehead atoms. The highest BCUT2D eigenvalue weighted by molar-refractivity contribution is 7.80. The lowest BCUT2D eigenvalue weighted by Gasteiger charge is -2.26. The van der Waals surface area contributed by atoms with Crippen molar-refractivity contribution < 1.29 is 4.74 Å². The van der Waals surface area contributed by atoms with Gasteiger partial charge in [0, 0.05) is 10.4 Å². The second-order valence-electron chi connectivity index (χ2n) is 4.61. The van der Waals surface area contributed by atoms with Crippen LogP contribution in [0.5, 0.6) is 5.75 Å². The predicted molar refractivity (Wildman–Crippen MR) is 71.7 cm³/mol. The SMILES string of the molecule is SCC1(COc2cccc(Cl)c2)CCCC1. The van der Waals surface area contributed by atoms with E-state index >= 15 is 0 Å². The molecule has 0 radical (unpaired) electrons. The number of hydrogen-bond acceptors (Lipinski definition) is 2. The van der Waals surface area contributed by atoms with Crippen LogP contribution in [0.3, 0.4) is 0 Å². The molecule has 0 saturated heterocycles. The molecule has 0 aromatic heterocycles. The summed E-state index contributed by atoms with van der Waals surface area (Å²) in [6, 6.07) is 7.59. The molecule has 0 unspecified atom stereocenters. The molecule has 3 heteroatoms. The number of rotatable bonds is 4. The molecule has 1 aromatic carbocycles. The maximum atomic E-state index is 5.91. The molecule has 0 aliphatic heterocycles. The third kappa shape index (κ3) is 2.86. The lowest BCUT2D eigenvalue weighted by molar-refractivity contribution is 0.173. The molecule has 0 atom stereocenters. The van der Waals surface area contributed by atoms with Crippen molar-refractivity contribution in [2.75, 3.05) is 12.4 Å². The highest BCUT2D eigenvalue weighted by Crippen LogP contribution is 2.39. The van der Waals surface area contributed by atoms with Crippen LogP contribution < -0.4 is 4.74 Å². The van der Waals surface area contributed by atoms with E-state index in [9.17, 15) is 0 Å². The van der Waals surface area contributed by atoms with Crippen molar-refractivity contribution in [3.63, 3.8) is 0 Å². The third-order valence-electron chi connectivity index (χ3n) is 3.34. The lowest BCUT2D eigenvalue weighted by atomic mass is 9.90. The van der Waals surface area contributed by atoms with Gasteiger partial charge in [-0.3, -0.25) is 0 Å². The average Bonchev–Trinajstić information content (AvgIpc) is 2.76. The molecule has 0 heterocycles. The largest absolute Gasteiger partial charge is 0.493 e. The quantitative estimate of drug-likeness (QED) is 0.794. The van der Waals surface area contributed by atoms with Crippen LogP contribution in [0.25, 0.3) is 0 Å². The van der Waals surface area contributed by atoms with Gasteiger partial charge in [-0.2, -0.15) is 12.6 Å². The Balaban J connectivity index is 1.95. The first-order valence-electron chi connectivity index (χ1n) is 5.73. The second kappa shape index (κ2) is 5.33. The van der Waals surface area contributed by atoms with E-state index in [2.05, 4.69) is 12.6 Å². The van der Waals surface area contributed by atoms with E-state index in [1.165, 1.54) is 25.7 Å². The highest BCUT2D eigenvalue weighted by Gasteiger charge is 2.33. The summed E-state index contributed by atoms with van der Waals surface area (Å²) >= 11 is 10.4. The fraction of sp³-hybridized carbons (Fsp3) is 0.538. The van der Waals surface area contributed by atoms with Crippen LogP contribution in [0, 0.1) is 5.41 Å². The van der Waals surface area contributed by atoms with Crippen LogP contribution >= 0.6 is 24.2 Å². The van der Waals surface area contributed by atoms with Crippen molar-refractivity contribution in [3.05, 3.63) is 29.3 Å². The Morgan fingerprint density at radius 1 is 1.31 bits per heavy atom. The Hall–Kier alpha value is -0.340. The van der Waals surface area contributed by atoms with Crippen LogP contribution in [-0.2, 0) is 0 Å². The summed E-state index contributed by atoms with van der Waals surface area (Å²) in [7, 11) is 0. The van der Waals surface area contributed by atoms with E-state index in [1.807, 2.05) is 24.3 Å². The zero-order valence-corrected chi connectivity index (χ0v) is 10.9. The van der Waals surface area contributed by atoms with Crippen LogP contribution in [0.2, 0.25) is 5.02 Å². The molecule has 88 valence electrons. The molecule has 1 aromatic rings. The van der Waals surface area contributed by atoms with Gasteiger partial charge >= 0.3 is 0 Å². The molecule has 1 saturated carbocycles. The van der Waals surface area contributed by atoms with Crippen molar-refractivity contribution in [1.29, 1.82) is 0 Å². The minimum atomic E-state index is 0.283. The number of ether oxygens (including phenoxy) is 1. The van der Waals surface area contributed by atoms with Crippen LogP contribution in [0.4, 0.5) is 0 Å². The zero-order valence-electron chi connectivity index (χ0n) is 9.29. The van der Waals surface area contributed by atoms with Gasteiger partial charge in [0.05, 0.1) is 6.61 Å². The molecule has 2 rings (SSSR count). The average molecular weight is 257 g/mol. The highest BCUT2D eigenvalue weighted by atomic mass is 35.5. The fourth-order valence-corrected chi connectivity index (χ4v) is 2.85. The Labute approximate surface area is 108 Å². The molecule has 0 N–H and O–H groups in total. The number of halogens is 1. The molecular formula is C13H17ClOS. The standard InChI is InChI=1S/C13H17ClOS/c14-11-4-3-5-12(8-11)15-9-13(10-16)6-1-2-7-13/h3-5,8,16H,1-2,6-7,9-10H2. The van der Waals surface area contributed by atoms with Gasteiger partial charge in [0.1, 0.15) is 5.75 Å². The molecule has 0 amide bonds. The van der Waals surface area contributed by atoms with Gasteiger partial charge < -0.3 is 4.74 Å². The van der Waals surface area contributed by atoms with E-state index in [0.29, 0.717) is 0 Å². The minimum Gasteiger partial charge on any atom is -0.493 e. The number of thiol groups is 1. The summed E-state index contributed by atoms with van der Waals surface area (Å²) in [4.78, 5) is 0. The van der Waals surface area contributed by atoms with Crippen molar-refractivity contribution in [1.82, 2.24) is 0 Å². The summed E-state index contributed by atoms with van der Waals surface area (Å²) in [5, 5.41) is 0.726. The van der Waals surface area contributed by atoms with E-state index < -0.39 is 0 Å². The van der Waals surface area contributed by atoms with Gasteiger partial charge in [0.15, 0.2) is 0 Å². The first-order valence-corrected chi connectivity index (χ1v) is 6.74. The summed E-state index contributed by atoms with van der Waals surface area (Å²) in [5.41, 5.74) is 0.283. The maximum Gasteiger partial charge on any atom is 0.120 e. The van der Waals surface area contributed by atoms with Gasteiger partial charge in [-0.25, -0.2) is 0 Å². The fourth-order valence-electron chi connectivity index (χ4n) is 2.27. The third-order valence-corrected chi connectivity index (χ3v) is 4.25. The van der Waals surface area contributed by atoms with Crippen LogP contribution in [0.15, 0.2) is 24.3 Å². The summed E-state index contributed by atoms with van der Waals surface area (Å²) in [5.74, 6) is 1.77. The Kier molecular flexibility index (Phi) is 4.04. The van der Waals surface area contributed by atoms with Crippen LogP contribution in [0.1, 0.15) is 25.7 Å². The summed E-state index contributed by atoms with van der Waals surface area (Å²) < 4.78 is 5.83. The van der Waals surface area contributed by atoms with E-state index in [4.69, 9.17) is 16.3 Å². The van der Waals surface area contributed by atoms with E-state index in [1.54, 1.807) is 0 Å². The van der Waals surface area contributed by atoms with Crippen molar-refractivity contribution in [3.8, 4) is 5.75 Å². The molecule has 1 aliphatic carbocycles. The molecule has 1 nitrogen and oxygen atoms in total. The van der Waals surface area contributed by atoms with Crippen molar-refractivity contribution >= 4 is 24.2 Å². The van der Waals surface area contributed by atoms with E-state index in [-0.39, 0.29) is 5.41 Å². The summed E-state index contributed by atoms with van der Waals surface area (Å²) in [6.07, 6.45) is 5.08. The molecule has 1 aliphatic rings. The number of hydrogen-bond donors (Lipinski definition) is 1. The molecule has 1 fully saturated rings. The smallest absolute Gasteiger partial charge is 0.120 e. The Morgan fingerprint density at radius 3 is 2.69 bits per heavy atom. The monoisotopic (exact) mass is 256 g/mol. The van der Waals surface area contributed by atoms with Crippen LogP contribution in [-0.4, -0.2) is 12.4 Å². The molecule has 16 heavy (non-hydrogen) atoms. The first-order chi connectivity index (χ1) is 7.74. The Morgan fingerprint density at radius 2 is 2.06 bits per heavy atom. The van der Waals surface area contributed by atoms with Gasteiger partial charge in [-0.15, -0.1) is 0 Å². The zero-order chi connectivity index (χ0) is 11.4. The van der Waals surface area contributed by atoms with E-state index in [0.717, 1.165) is 23.1 Å². The Bertz CT molecular complexity index is 348. The topological polar surface area (TPSA) is 9.23 Å². The first kappa shape index (κ1) is 12.1. The van der Waals surface area contributed by atoms with Crippen molar-refractivity contribution in [2.24, 2.45) is 5.41 Å². The minimum absolute atomic E-state index is 0.283. The normalized spacial score (nSPS) is 18.6. The molecule has 0 spiro atoms. The van der Waals surface area contributed by atoms with Gasteiger partial charge in [0.25, 0.3) is 0 Å². The summed E-state index contributed by atoms with van der Waals surface area (Å²) in [6.45, 7) is 0.761. The predicted octanol–water partition coefficient (Wildman–Crippen LogP) is 4.21. The van der Waals surface area contributed by atoms with Gasteiger partial charge in [-0.1, -0.05) is 30.5 Å². The van der Waals surface area contributed by atoms with Gasteiger partial charge in [0.2, 0.25) is 0 Å².